The normalized spacial score (nSPS) is 11.6. The predicted molar refractivity (Wildman–Crippen MR) is 55.4 cm³/mol. The van der Waals surface area contributed by atoms with Crippen molar-refractivity contribution in [1.29, 1.82) is 0 Å². The van der Waals surface area contributed by atoms with E-state index in [1.165, 1.54) is 12.1 Å². The first-order valence-electron chi connectivity index (χ1n) is 4.66. The van der Waals surface area contributed by atoms with Gasteiger partial charge in [0.15, 0.2) is 11.6 Å². The van der Waals surface area contributed by atoms with E-state index < -0.39 is 11.6 Å². The Hall–Kier alpha value is -1.49. The highest BCUT2D eigenvalue weighted by Gasteiger charge is 2.11. The summed E-state index contributed by atoms with van der Waals surface area (Å²) in [6.07, 6.45) is 0.808. The monoisotopic (exact) mass is 213 g/mol. The summed E-state index contributed by atoms with van der Waals surface area (Å²) >= 11 is 0. The van der Waals surface area contributed by atoms with E-state index in [4.69, 9.17) is 5.84 Å². The summed E-state index contributed by atoms with van der Waals surface area (Å²) in [6.45, 7) is 2.44. The number of nitrogens with two attached hydrogens (primary N) is 1. The fourth-order valence-electron chi connectivity index (χ4n) is 1.12. The molecule has 3 nitrogen and oxygen atoms in total. The topological polar surface area (TPSA) is 50.4 Å². The van der Waals surface area contributed by atoms with Crippen molar-refractivity contribution < 1.29 is 8.78 Å². The van der Waals surface area contributed by atoms with E-state index in [1.54, 1.807) is 0 Å². The van der Waals surface area contributed by atoms with Crippen LogP contribution in [0.5, 0.6) is 0 Å². The minimum atomic E-state index is -0.940. The molecule has 0 aliphatic heterocycles. The highest BCUT2D eigenvalue weighted by atomic mass is 19.2. The van der Waals surface area contributed by atoms with Crippen LogP contribution in [0, 0.1) is 11.6 Å². The lowest BCUT2D eigenvalue weighted by atomic mass is 10.2. The van der Waals surface area contributed by atoms with Crippen LogP contribution >= 0.6 is 0 Å². The summed E-state index contributed by atoms with van der Waals surface area (Å²) in [5.74, 6) is 3.51. The second kappa shape index (κ2) is 5.41. The Balaban J connectivity index is 3.07. The number of halogens is 2. The molecule has 82 valence electrons. The van der Waals surface area contributed by atoms with Gasteiger partial charge >= 0.3 is 0 Å². The van der Waals surface area contributed by atoms with Gasteiger partial charge in [-0.3, -0.25) is 4.99 Å². The van der Waals surface area contributed by atoms with Gasteiger partial charge in [0.2, 0.25) is 0 Å². The molecule has 15 heavy (non-hydrogen) atoms. The van der Waals surface area contributed by atoms with Gasteiger partial charge in [-0.05, 0) is 18.6 Å². The molecule has 0 amide bonds. The fraction of sp³-hybridized carbons (Fsp3) is 0.300. The van der Waals surface area contributed by atoms with Gasteiger partial charge in [0.25, 0.3) is 0 Å². The largest absolute Gasteiger partial charge is 0.308 e. The predicted octanol–water partition coefficient (Wildman–Crippen LogP) is 1.58. The Labute approximate surface area is 87.0 Å². The molecule has 0 fully saturated rings. The average Bonchev–Trinajstić information content (AvgIpc) is 2.25. The zero-order valence-electron chi connectivity index (χ0n) is 8.43. The maximum absolute atomic E-state index is 13.3. The van der Waals surface area contributed by atoms with Crippen LogP contribution < -0.4 is 11.3 Å². The Morgan fingerprint density at radius 3 is 2.80 bits per heavy atom. The maximum Gasteiger partial charge on any atom is 0.169 e. The number of nitrogens with zero attached hydrogens (tertiary/aromatic N) is 1. The molecule has 3 N–H and O–H groups in total. The van der Waals surface area contributed by atoms with Gasteiger partial charge in [-0.25, -0.2) is 14.6 Å². The standard InChI is InChI=1S/C10H13F2N3/c1-2-6-14-10(15-13)7-4-3-5-8(11)9(7)12/h3-5H,2,6,13H2,1H3,(H,14,15). The molecule has 0 aliphatic carbocycles. The molecular weight excluding hydrogens is 200 g/mol. The number of rotatable bonds is 3. The summed E-state index contributed by atoms with van der Waals surface area (Å²) in [7, 11) is 0. The van der Waals surface area contributed by atoms with E-state index in [-0.39, 0.29) is 11.4 Å². The van der Waals surface area contributed by atoms with E-state index >= 15 is 0 Å². The molecule has 0 unspecified atom stereocenters. The quantitative estimate of drug-likeness (QED) is 0.346. The molecule has 0 spiro atoms. The third kappa shape index (κ3) is 2.73. The lowest BCUT2D eigenvalue weighted by molar-refractivity contribution is 0.506. The number of hydrogen-bond donors (Lipinski definition) is 2. The van der Waals surface area contributed by atoms with E-state index in [1.807, 2.05) is 6.92 Å². The van der Waals surface area contributed by atoms with Crippen molar-refractivity contribution in [2.75, 3.05) is 6.54 Å². The number of amidine groups is 1. The molecule has 1 aromatic carbocycles. The van der Waals surface area contributed by atoms with Crippen LogP contribution in [0.25, 0.3) is 0 Å². The van der Waals surface area contributed by atoms with Gasteiger partial charge in [-0.1, -0.05) is 13.0 Å². The van der Waals surface area contributed by atoms with Crippen LogP contribution in [0.3, 0.4) is 0 Å². The Morgan fingerprint density at radius 1 is 1.47 bits per heavy atom. The molecule has 1 rings (SSSR count). The van der Waals surface area contributed by atoms with Gasteiger partial charge in [-0.15, -0.1) is 0 Å². The first-order chi connectivity index (χ1) is 7.20. The number of hydrogen-bond acceptors (Lipinski definition) is 2. The van der Waals surface area contributed by atoms with Gasteiger partial charge in [-0.2, -0.15) is 0 Å². The summed E-state index contributed by atoms with van der Waals surface area (Å²) in [4.78, 5) is 4.01. The Morgan fingerprint density at radius 2 is 2.20 bits per heavy atom. The first kappa shape index (κ1) is 11.6. The summed E-state index contributed by atoms with van der Waals surface area (Å²) in [5.41, 5.74) is 2.31. The zero-order valence-corrected chi connectivity index (χ0v) is 8.43. The second-order valence-corrected chi connectivity index (χ2v) is 2.98. The summed E-state index contributed by atoms with van der Waals surface area (Å²) in [6, 6.07) is 3.88. The van der Waals surface area contributed by atoms with Gasteiger partial charge in [0, 0.05) is 6.54 Å². The molecule has 0 radical (unpaired) electrons. The van der Waals surface area contributed by atoms with Gasteiger partial charge in [0.05, 0.1) is 5.56 Å². The van der Waals surface area contributed by atoms with E-state index in [9.17, 15) is 8.78 Å². The van der Waals surface area contributed by atoms with Crippen molar-refractivity contribution >= 4 is 5.84 Å². The fourth-order valence-corrected chi connectivity index (χ4v) is 1.12. The molecule has 0 saturated heterocycles. The second-order valence-electron chi connectivity index (χ2n) is 2.98. The van der Waals surface area contributed by atoms with Gasteiger partial charge in [0.1, 0.15) is 5.84 Å². The van der Waals surface area contributed by atoms with Crippen LogP contribution in [-0.4, -0.2) is 12.4 Å². The third-order valence-electron chi connectivity index (χ3n) is 1.84. The number of aliphatic imine (C=N–C) groups is 1. The van der Waals surface area contributed by atoms with Crippen molar-refractivity contribution in [3.05, 3.63) is 35.4 Å². The molecule has 0 heterocycles. The summed E-state index contributed by atoms with van der Waals surface area (Å²) < 4.78 is 26.2. The van der Waals surface area contributed by atoms with Crippen LogP contribution in [-0.2, 0) is 0 Å². The van der Waals surface area contributed by atoms with Gasteiger partial charge < -0.3 is 5.43 Å². The Bertz CT molecular complexity index is 364. The summed E-state index contributed by atoms with van der Waals surface area (Å²) in [5, 5.41) is 0. The third-order valence-corrected chi connectivity index (χ3v) is 1.84. The van der Waals surface area contributed by atoms with Crippen LogP contribution in [0.2, 0.25) is 0 Å². The molecule has 0 saturated carbocycles. The first-order valence-corrected chi connectivity index (χ1v) is 4.66. The average molecular weight is 213 g/mol. The molecule has 0 atom stereocenters. The number of nitrogens with one attached hydrogen (secondary N) is 1. The lowest BCUT2D eigenvalue weighted by Gasteiger charge is -2.07. The van der Waals surface area contributed by atoms with Crippen molar-refractivity contribution in [2.45, 2.75) is 13.3 Å². The molecule has 5 heteroatoms. The highest BCUT2D eigenvalue weighted by molar-refractivity contribution is 5.98. The van der Waals surface area contributed by atoms with Crippen LogP contribution in [0.4, 0.5) is 8.78 Å². The minimum absolute atomic E-state index is 0.0472. The number of hydrazine groups is 1. The molecule has 1 aromatic rings. The SMILES string of the molecule is CCCN=C(NN)c1cccc(F)c1F. The van der Waals surface area contributed by atoms with Crippen LogP contribution in [0.15, 0.2) is 23.2 Å². The maximum atomic E-state index is 13.3. The van der Waals surface area contributed by atoms with Crippen molar-refractivity contribution in [3.63, 3.8) is 0 Å². The molecular formula is C10H13F2N3. The van der Waals surface area contributed by atoms with E-state index in [2.05, 4.69) is 10.4 Å². The zero-order chi connectivity index (χ0) is 11.3. The molecule has 0 bridgehead atoms. The minimum Gasteiger partial charge on any atom is -0.308 e. The van der Waals surface area contributed by atoms with Crippen molar-refractivity contribution in [1.82, 2.24) is 5.43 Å². The lowest BCUT2D eigenvalue weighted by Crippen LogP contribution is -2.32. The Kier molecular flexibility index (Phi) is 4.17. The smallest absolute Gasteiger partial charge is 0.169 e. The van der Waals surface area contributed by atoms with Crippen molar-refractivity contribution in [2.24, 2.45) is 10.8 Å². The molecule has 0 aliphatic rings. The number of benzene rings is 1. The van der Waals surface area contributed by atoms with Crippen LogP contribution in [0.1, 0.15) is 18.9 Å². The van der Waals surface area contributed by atoms with E-state index in [0.717, 1.165) is 12.5 Å². The van der Waals surface area contributed by atoms with Crippen molar-refractivity contribution in [3.8, 4) is 0 Å². The highest BCUT2D eigenvalue weighted by Crippen LogP contribution is 2.11. The van der Waals surface area contributed by atoms with E-state index in [0.29, 0.717) is 6.54 Å². The molecule has 0 aromatic heterocycles.